The highest BCUT2D eigenvalue weighted by Crippen LogP contribution is 2.28. The van der Waals surface area contributed by atoms with Crippen LogP contribution in [0.25, 0.3) is 6.08 Å². The maximum atomic E-state index is 12.2. The van der Waals surface area contributed by atoms with Gasteiger partial charge in [-0.3, -0.25) is 4.79 Å². The molecule has 0 aliphatic heterocycles. The SMILES string of the molecule is COc1cc(C=CC(=O)Nc2ccc(N=Nc3ccccc3)cc2)ccc1OCC#N. The number of hydrogen-bond donors (Lipinski definition) is 1. The highest BCUT2D eigenvalue weighted by molar-refractivity contribution is 6.02. The molecule has 7 nitrogen and oxygen atoms in total. The van der Waals surface area contributed by atoms with Crippen LogP contribution in [-0.4, -0.2) is 19.6 Å². The van der Waals surface area contributed by atoms with Crippen LogP contribution < -0.4 is 14.8 Å². The molecule has 0 saturated heterocycles. The van der Waals surface area contributed by atoms with E-state index in [9.17, 15) is 4.79 Å². The van der Waals surface area contributed by atoms with Crippen LogP contribution in [0.2, 0.25) is 0 Å². The molecule has 0 atom stereocenters. The number of nitrogens with one attached hydrogen (secondary N) is 1. The number of benzene rings is 3. The summed E-state index contributed by atoms with van der Waals surface area (Å²) in [6.07, 6.45) is 3.09. The van der Waals surface area contributed by atoms with Crippen molar-refractivity contribution in [2.75, 3.05) is 19.0 Å². The Bertz CT molecular complexity index is 1120. The van der Waals surface area contributed by atoms with Crippen molar-refractivity contribution in [1.82, 2.24) is 0 Å². The van der Waals surface area contributed by atoms with E-state index >= 15 is 0 Å². The summed E-state index contributed by atoms with van der Waals surface area (Å²) < 4.78 is 10.5. The average molecular weight is 412 g/mol. The number of nitriles is 1. The van der Waals surface area contributed by atoms with Gasteiger partial charge in [0.05, 0.1) is 18.5 Å². The van der Waals surface area contributed by atoms with Crippen molar-refractivity contribution in [3.63, 3.8) is 0 Å². The number of carbonyl (C=O) groups is 1. The smallest absolute Gasteiger partial charge is 0.248 e. The standard InChI is InChI=1S/C24H20N4O3/c1-30-23-17-18(7-13-22(23)31-16-15-25)8-14-24(29)26-19-9-11-21(12-10-19)28-27-20-5-3-2-4-6-20/h2-14,17H,16H2,1H3,(H,26,29). The number of anilines is 1. The first-order valence-corrected chi connectivity index (χ1v) is 9.41. The summed E-state index contributed by atoms with van der Waals surface area (Å²) in [6, 6.07) is 23.6. The molecular formula is C24H20N4O3. The zero-order chi connectivity index (χ0) is 21.9. The number of nitrogens with zero attached hydrogens (tertiary/aromatic N) is 3. The Hall–Kier alpha value is -4.44. The fourth-order valence-corrected chi connectivity index (χ4v) is 2.59. The Morgan fingerprint density at radius 3 is 2.39 bits per heavy atom. The van der Waals surface area contributed by atoms with Crippen LogP contribution in [0.1, 0.15) is 5.56 Å². The minimum atomic E-state index is -0.276. The summed E-state index contributed by atoms with van der Waals surface area (Å²) >= 11 is 0. The molecule has 7 heteroatoms. The third-order valence-corrected chi connectivity index (χ3v) is 4.08. The quantitative estimate of drug-likeness (QED) is 0.381. The van der Waals surface area contributed by atoms with Crippen LogP contribution in [0, 0.1) is 11.3 Å². The molecule has 0 radical (unpaired) electrons. The predicted octanol–water partition coefficient (Wildman–Crippen LogP) is 5.66. The Morgan fingerprint density at radius 1 is 1.00 bits per heavy atom. The predicted molar refractivity (Wildman–Crippen MR) is 119 cm³/mol. The van der Waals surface area contributed by atoms with Crippen molar-refractivity contribution in [2.45, 2.75) is 0 Å². The molecule has 0 heterocycles. The van der Waals surface area contributed by atoms with Crippen molar-refractivity contribution in [3.8, 4) is 17.6 Å². The molecule has 0 aromatic heterocycles. The van der Waals surface area contributed by atoms with Gasteiger partial charge in [0.15, 0.2) is 18.1 Å². The molecule has 0 fully saturated rings. The first-order valence-electron chi connectivity index (χ1n) is 9.41. The lowest BCUT2D eigenvalue weighted by atomic mass is 10.2. The first-order chi connectivity index (χ1) is 15.2. The molecule has 0 aliphatic carbocycles. The molecule has 1 N–H and O–H groups in total. The van der Waals surface area contributed by atoms with E-state index < -0.39 is 0 Å². The summed E-state index contributed by atoms with van der Waals surface area (Å²) in [5.74, 6) is 0.677. The van der Waals surface area contributed by atoms with E-state index in [1.54, 1.807) is 48.5 Å². The van der Waals surface area contributed by atoms with Crippen molar-refractivity contribution in [1.29, 1.82) is 5.26 Å². The molecule has 0 unspecified atom stereocenters. The van der Waals surface area contributed by atoms with Crippen LogP contribution >= 0.6 is 0 Å². The lowest BCUT2D eigenvalue weighted by Gasteiger charge is -2.08. The van der Waals surface area contributed by atoms with E-state index in [1.807, 2.05) is 36.4 Å². The van der Waals surface area contributed by atoms with E-state index in [0.29, 0.717) is 22.9 Å². The lowest BCUT2D eigenvalue weighted by molar-refractivity contribution is -0.111. The average Bonchev–Trinajstić information content (AvgIpc) is 2.82. The molecule has 1 amide bonds. The minimum absolute atomic E-state index is 0.0691. The van der Waals surface area contributed by atoms with Crippen LogP contribution in [0.15, 0.2) is 89.1 Å². The Morgan fingerprint density at radius 2 is 1.71 bits per heavy atom. The van der Waals surface area contributed by atoms with Gasteiger partial charge in [0.25, 0.3) is 0 Å². The number of methoxy groups -OCH3 is 1. The zero-order valence-electron chi connectivity index (χ0n) is 16.9. The number of amides is 1. The third-order valence-electron chi connectivity index (χ3n) is 4.08. The topological polar surface area (TPSA) is 96.1 Å². The van der Waals surface area contributed by atoms with Gasteiger partial charge in [0.1, 0.15) is 6.07 Å². The van der Waals surface area contributed by atoms with Gasteiger partial charge in [0.2, 0.25) is 5.91 Å². The Labute approximate surface area is 180 Å². The summed E-state index contributed by atoms with van der Waals surface area (Å²) in [5.41, 5.74) is 2.86. The number of carbonyl (C=O) groups excluding carboxylic acids is 1. The second-order valence-electron chi connectivity index (χ2n) is 6.26. The maximum Gasteiger partial charge on any atom is 0.248 e. The first kappa shape index (κ1) is 21.3. The lowest BCUT2D eigenvalue weighted by Crippen LogP contribution is -2.07. The van der Waals surface area contributed by atoms with Gasteiger partial charge in [-0.2, -0.15) is 15.5 Å². The van der Waals surface area contributed by atoms with Crippen molar-refractivity contribution >= 4 is 29.0 Å². The molecule has 3 aromatic carbocycles. The van der Waals surface area contributed by atoms with E-state index in [1.165, 1.54) is 13.2 Å². The molecule has 3 aromatic rings. The number of hydrogen-bond acceptors (Lipinski definition) is 6. The molecule has 31 heavy (non-hydrogen) atoms. The zero-order valence-corrected chi connectivity index (χ0v) is 16.9. The summed E-state index contributed by atoms with van der Waals surface area (Å²) in [7, 11) is 1.51. The molecule has 0 aliphatic rings. The molecule has 0 bridgehead atoms. The van der Waals surface area contributed by atoms with Gasteiger partial charge in [-0.05, 0) is 60.2 Å². The van der Waals surface area contributed by atoms with Gasteiger partial charge in [0, 0.05) is 11.8 Å². The van der Waals surface area contributed by atoms with E-state index in [4.69, 9.17) is 14.7 Å². The largest absolute Gasteiger partial charge is 0.493 e. The second-order valence-corrected chi connectivity index (χ2v) is 6.26. The highest BCUT2D eigenvalue weighted by atomic mass is 16.5. The van der Waals surface area contributed by atoms with E-state index in [2.05, 4.69) is 15.5 Å². The second kappa shape index (κ2) is 10.9. The van der Waals surface area contributed by atoms with Crippen molar-refractivity contribution < 1.29 is 14.3 Å². The maximum absolute atomic E-state index is 12.2. The highest BCUT2D eigenvalue weighted by Gasteiger charge is 2.05. The van der Waals surface area contributed by atoms with Crippen LogP contribution in [-0.2, 0) is 4.79 Å². The number of azo groups is 1. The summed E-state index contributed by atoms with van der Waals surface area (Å²) in [5, 5.41) is 19.7. The van der Waals surface area contributed by atoms with Crippen molar-refractivity contribution in [3.05, 3.63) is 84.4 Å². The number of rotatable bonds is 8. The molecule has 0 spiro atoms. The third kappa shape index (κ3) is 6.54. The summed E-state index contributed by atoms with van der Waals surface area (Å²) in [4.78, 5) is 12.2. The van der Waals surface area contributed by atoms with E-state index in [0.717, 1.165) is 11.3 Å². The van der Waals surface area contributed by atoms with Crippen LogP contribution in [0.3, 0.4) is 0 Å². The van der Waals surface area contributed by atoms with Crippen LogP contribution in [0.5, 0.6) is 11.5 Å². The fourth-order valence-electron chi connectivity index (χ4n) is 2.59. The van der Waals surface area contributed by atoms with E-state index in [-0.39, 0.29) is 12.5 Å². The number of ether oxygens (including phenoxy) is 2. The Kier molecular flexibility index (Phi) is 7.50. The van der Waals surface area contributed by atoms with Crippen molar-refractivity contribution in [2.24, 2.45) is 10.2 Å². The van der Waals surface area contributed by atoms with Gasteiger partial charge in [-0.1, -0.05) is 24.3 Å². The molecule has 3 rings (SSSR count). The molecular weight excluding hydrogens is 392 g/mol. The van der Waals surface area contributed by atoms with Gasteiger partial charge in [-0.25, -0.2) is 0 Å². The van der Waals surface area contributed by atoms with Crippen LogP contribution in [0.4, 0.5) is 17.1 Å². The van der Waals surface area contributed by atoms with Gasteiger partial charge < -0.3 is 14.8 Å². The van der Waals surface area contributed by atoms with Gasteiger partial charge >= 0.3 is 0 Å². The minimum Gasteiger partial charge on any atom is -0.493 e. The monoisotopic (exact) mass is 412 g/mol. The summed E-state index contributed by atoms with van der Waals surface area (Å²) in [6.45, 7) is -0.0691. The molecule has 154 valence electrons. The molecule has 0 saturated carbocycles. The normalized spacial score (nSPS) is 10.7. The van der Waals surface area contributed by atoms with Gasteiger partial charge in [-0.15, -0.1) is 0 Å². The fraction of sp³-hybridized carbons (Fsp3) is 0.0833. The Balaban J connectivity index is 1.58.